The third-order valence-electron chi connectivity index (χ3n) is 4.38. The average molecular weight is 391 g/mol. The second kappa shape index (κ2) is 9.73. The third-order valence-corrected chi connectivity index (χ3v) is 6.60. The molecule has 1 aromatic carbocycles. The lowest BCUT2D eigenvalue weighted by atomic mass is 9.99. The fraction of sp³-hybridized carbons (Fsp3) is 0.647. The fourth-order valence-corrected chi connectivity index (χ4v) is 4.50. The van der Waals surface area contributed by atoms with E-state index < -0.39 is 10.2 Å². The Hall–Kier alpha value is -0.860. The highest BCUT2D eigenvalue weighted by Crippen LogP contribution is 2.21. The number of piperidine rings is 1. The molecule has 0 radical (unpaired) electrons. The maximum absolute atomic E-state index is 12.6. The summed E-state index contributed by atoms with van der Waals surface area (Å²) >= 11 is 5.90. The normalized spacial score (nSPS) is 17.1. The van der Waals surface area contributed by atoms with Gasteiger partial charge in [-0.05, 0) is 43.4 Å². The summed E-state index contributed by atoms with van der Waals surface area (Å²) in [5, 5.41) is 0.620. The number of ether oxygens (including phenoxy) is 2. The van der Waals surface area contributed by atoms with Gasteiger partial charge in [0.15, 0.2) is 0 Å². The van der Waals surface area contributed by atoms with Crippen LogP contribution in [0, 0.1) is 5.92 Å². The van der Waals surface area contributed by atoms with E-state index in [9.17, 15) is 8.42 Å². The van der Waals surface area contributed by atoms with E-state index in [-0.39, 0.29) is 0 Å². The molecule has 1 fully saturated rings. The van der Waals surface area contributed by atoms with Gasteiger partial charge in [0.25, 0.3) is 10.2 Å². The van der Waals surface area contributed by atoms with Gasteiger partial charge in [0.2, 0.25) is 0 Å². The first kappa shape index (κ1) is 20.5. The number of rotatable bonds is 9. The molecule has 1 aliphatic heterocycles. The zero-order chi connectivity index (χ0) is 18.3. The largest absolute Gasteiger partial charge is 0.493 e. The van der Waals surface area contributed by atoms with Crippen LogP contribution in [-0.4, -0.2) is 64.0 Å². The van der Waals surface area contributed by atoms with E-state index in [2.05, 4.69) is 0 Å². The summed E-state index contributed by atoms with van der Waals surface area (Å²) in [6.07, 6.45) is 2.31. The molecule has 0 bridgehead atoms. The molecular formula is C17H27ClN2O4S. The molecule has 0 saturated carbocycles. The Bertz CT molecular complexity index is 633. The molecule has 1 aromatic rings. The first-order chi connectivity index (χ1) is 11.9. The van der Waals surface area contributed by atoms with Gasteiger partial charge in [0, 0.05) is 45.4 Å². The van der Waals surface area contributed by atoms with Crippen molar-refractivity contribution in [1.82, 2.24) is 8.61 Å². The number of halogens is 1. The summed E-state index contributed by atoms with van der Waals surface area (Å²) in [5.41, 5.74) is 0. The van der Waals surface area contributed by atoms with Crippen molar-refractivity contribution in [3.8, 4) is 5.75 Å². The third kappa shape index (κ3) is 6.11. The molecule has 0 amide bonds. The van der Waals surface area contributed by atoms with Crippen molar-refractivity contribution in [2.75, 3.05) is 47.0 Å². The van der Waals surface area contributed by atoms with Crippen molar-refractivity contribution in [2.24, 2.45) is 5.92 Å². The number of methoxy groups -OCH3 is 1. The smallest absolute Gasteiger partial charge is 0.281 e. The summed E-state index contributed by atoms with van der Waals surface area (Å²) in [6, 6.07) is 7.18. The van der Waals surface area contributed by atoms with Gasteiger partial charge in [0.05, 0.1) is 6.61 Å². The lowest BCUT2D eigenvalue weighted by Crippen LogP contribution is -2.46. The van der Waals surface area contributed by atoms with E-state index >= 15 is 0 Å². The highest BCUT2D eigenvalue weighted by Gasteiger charge is 2.30. The highest BCUT2D eigenvalue weighted by molar-refractivity contribution is 7.86. The molecular weight excluding hydrogens is 364 g/mol. The number of nitrogens with zero attached hydrogens (tertiary/aromatic N) is 2. The Morgan fingerprint density at radius 2 is 2.04 bits per heavy atom. The molecule has 0 aliphatic carbocycles. The number of hydrogen-bond donors (Lipinski definition) is 0. The van der Waals surface area contributed by atoms with Crippen LogP contribution in [0.25, 0.3) is 0 Å². The molecule has 1 aliphatic rings. The molecule has 1 saturated heterocycles. The van der Waals surface area contributed by atoms with E-state index in [0.29, 0.717) is 56.0 Å². The van der Waals surface area contributed by atoms with Gasteiger partial charge in [-0.1, -0.05) is 17.7 Å². The van der Waals surface area contributed by atoms with Crippen LogP contribution >= 0.6 is 11.6 Å². The van der Waals surface area contributed by atoms with Crippen molar-refractivity contribution in [3.05, 3.63) is 29.3 Å². The lowest BCUT2D eigenvalue weighted by Gasteiger charge is -2.33. The van der Waals surface area contributed by atoms with Crippen molar-refractivity contribution >= 4 is 21.8 Å². The molecule has 0 aromatic heterocycles. The minimum atomic E-state index is -3.40. The number of benzene rings is 1. The fourth-order valence-electron chi connectivity index (χ4n) is 2.89. The first-order valence-corrected chi connectivity index (χ1v) is 10.3. The lowest BCUT2D eigenvalue weighted by molar-refractivity contribution is 0.120. The molecule has 142 valence electrons. The van der Waals surface area contributed by atoms with Gasteiger partial charge in [0.1, 0.15) is 5.75 Å². The molecule has 2 rings (SSSR count). The van der Waals surface area contributed by atoms with Crippen LogP contribution in [0.2, 0.25) is 5.02 Å². The van der Waals surface area contributed by atoms with Crippen LogP contribution in [0.15, 0.2) is 24.3 Å². The Balaban J connectivity index is 1.74. The van der Waals surface area contributed by atoms with Gasteiger partial charge in [-0.15, -0.1) is 0 Å². The quantitative estimate of drug-likeness (QED) is 0.608. The molecule has 6 nitrogen and oxygen atoms in total. The predicted molar refractivity (Wildman–Crippen MR) is 99.3 cm³/mol. The highest BCUT2D eigenvalue weighted by atomic mass is 35.5. The van der Waals surface area contributed by atoms with E-state index in [1.807, 2.05) is 12.1 Å². The van der Waals surface area contributed by atoms with Crippen molar-refractivity contribution in [1.29, 1.82) is 0 Å². The standard InChI is InChI=1S/C17H27ClN2O4S/c1-19(9-4-12-24-17-6-3-5-16(18)13-17)25(21,22)20-10-7-15(8-11-20)14-23-2/h3,5-6,13,15H,4,7-12,14H2,1-2H3. The Kier molecular flexibility index (Phi) is 7.96. The molecule has 0 spiro atoms. The molecule has 1 heterocycles. The monoisotopic (exact) mass is 390 g/mol. The summed E-state index contributed by atoms with van der Waals surface area (Å²) in [6.45, 7) is 2.67. The Morgan fingerprint density at radius 1 is 1.32 bits per heavy atom. The van der Waals surface area contributed by atoms with Crippen LogP contribution < -0.4 is 4.74 Å². The second-order valence-corrected chi connectivity index (χ2v) is 8.76. The number of hydrogen-bond acceptors (Lipinski definition) is 4. The van der Waals surface area contributed by atoms with E-state index in [1.54, 1.807) is 30.6 Å². The topological polar surface area (TPSA) is 59.1 Å². The Labute approximate surface area is 155 Å². The summed E-state index contributed by atoms with van der Waals surface area (Å²) in [7, 11) is -0.0991. The molecule has 0 unspecified atom stereocenters. The van der Waals surface area contributed by atoms with Crippen molar-refractivity contribution in [3.63, 3.8) is 0 Å². The predicted octanol–water partition coefficient (Wildman–Crippen LogP) is 2.64. The van der Waals surface area contributed by atoms with Gasteiger partial charge in [-0.2, -0.15) is 17.0 Å². The molecule has 8 heteroatoms. The summed E-state index contributed by atoms with van der Waals surface area (Å²) in [5.74, 6) is 1.14. The second-order valence-electron chi connectivity index (χ2n) is 6.29. The summed E-state index contributed by atoms with van der Waals surface area (Å²) < 4.78 is 39.0. The van der Waals surface area contributed by atoms with Crippen molar-refractivity contribution < 1.29 is 17.9 Å². The van der Waals surface area contributed by atoms with Crippen molar-refractivity contribution in [2.45, 2.75) is 19.3 Å². The maximum Gasteiger partial charge on any atom is 0.281 e. The van der Waals surface area contributed by atoms with Crippen LogP contribution in [0.5, 0.6) is 5.75 Å². The minimum absolute atomic E-state index is 0.418. The minimum Gasteiger partial charge on any atom is -0.493 e. The van der Waals surface area contributed by atoms with Crippen LogP contribution in [-0.2, 0) is 14.9 Å². The van der Waals surface area contributed by atoms with E-state index in [4.69, 9.17) is 21.1 Å². The zero-order valence-electron chi connectivity index (χ0n) is 14.9. The van der Waals surface area contributed by atoms with E-state index in [0.717, 1.165) is 12.8 Å². The van der Waals surface area contributed by atoms with Gasteiger partial charge >= 0.3 is 0 Å². The van der Waals surface area contributed by atoms with Crippen LogP contribution in [0.3, 0.4) is 0 Å². The maximum atomic E-state index is 12.6. The van der Waals surface area contributed by atoms with Crippen LogP contribution in [0.1, 0.15) is 19.3 Å². The molecule has 0 N–H and O–H groups in total. The average Bonchev–Trinajstić information content (AvgIpc) is 2.59. The first-order valence-electron chi connectivity index (χ1n) is 8.52. The van der Waals surface area contributed by atoms with Crippen LogP contribution in [0.4, 0.5) is 0 Å². The molecule has 0 atom stereocenters. The molecule has 25 heavy (non-hydrogen) atoms. The van der Waals surface area contributed by atoms with Gasteiger partial charge in [-0.25, -0.2) is 0 Å². The van der Waals surface area contributed by atoms with Gasteiger partial charge < -0.3 is 9.47 Å². The zero-order valence-corrected chi connectivity index (χ0v) is 16.4. The summed E-state index contributed by atoms with van der Waals surface area (Å²) in [4.78, 5) is 0. The van der Waals surface area contributed by atoms with Gasteiger partial charge in [-0.3, -0.25) is 0 Å². The Morgan fingerprint density at radius 3 is 2.68 bits per heavy atom. The van der Waals surface area contributed by atoms with E-state index in [1.165, 1.54) is 4.31 Å². The SMILES string of the molecule is COCC1CCN(S(=O)(=O)N(C)CCCOc2cccc(Cl)c2)CC1.